The predicted octanol–water partition coefficient (Wildman–Crippen LogP) is 3.87. The van der Waals surface area contributed by atoms with Crippen LogP contribution in [0.15, 0.2) is 42.5 Å². The highest BCUT2D eigenvalue weighted by molar-refractivity contribution is 5.99. The van der Waals surface area contributed by atoms with E-state index in [1.807, 2.05) is 11.0 Å². The van der Waals surface area contributed by atoms with Gasteiger partial charge in [0.25, 0.3) is 0 Å². The van der Waals surface area contributed by atoms with Crippen molar-refractivity contribution in [1.82, 2.24) is 4.90 Å². The number of anilines is 2. The lowest BCUT2D eigenvalue weighted by Crippen LogP contribution is -2.48. The highest BCUT2D eigenvalue weighted by atomic mass is 19.1. The Morgan fingerprint density at radius 2 is 1.89 bits per heavy atom. The number of ether oxygens (including phenoxy) is 2. The second-order valence-electron chi connectivity index (χ2n) is 9.36. The number of likely N-dealkylation sites (tertiary alicyclic amines) is 1. The van der Waals surface area contributed by atoms with Gasteiger partial charge in [0.05, 0.1) is 24.8 Å². The Morgan fingerprint density at radius 3 is 2.66 bits per heavy atom. The van der Waals surface area contributed by atoms with Crippen molar-refractivity contribution in [1.29, 1.82) is 0 Å². The quantitative estimate of drug-likeness (QED) is 0.600. The molecule has 2 fully saturated rings. The molecule has 2 aromatic carbocycles. The minimum Gasteiger partial charge on any atom is -0.487 e. The number of para-hydroxylation sites is 1. The minimum absolute atomic E-state index is 0.0774. The third-order valence-electron chi connectivity index (χ3n) is 6.99. The third kappa shape index (κ3) is 5.11. The van der Waals surface area contributed by atoms with Crippen molar-refractivity contribution in [2.24, 2.45) is 0 Å². The van der Waals surface area contributed by atoms with Crippen LogP contribution in [0.3, 0.4) is 0 Å². The van der Waals surface area contributed by atoms with Crippen LogP contribution in [-0.2, 0) is 9.53 Å². The zero-order valence-corrected chi connectivity index (χ0v) is 19.4. The number of hydrogen-bond donors (Lipinski definition) is 3. The summed E-state index contributed by atoms with van der Waals surface area (Å²) in [5, 5.41) is 15.2. The summed E-state index contributed by atoms with van der Waals surface area (Å²) in [4.78, 5) is 27.1. The Morgan fingerprint density at radius 1 is 1.09 bits per heavy atom. The number of halogens is 1. The van der Waals surface area contributed by atoms with Crippen LogP contribution in [0, 0.1) is 5.82 Å². The van der Waals surface area contributed by atoms with E-state index in [0.717, 1.165) is 37.9 Å². The van der Waals surface area contributed by atoms with E-state index >= 15 is 0 Å². The summed E-state index contributed by atoms with van der Waals surface area (Å²) >= 11 is 0. The SMILES string of the molecule is O=C(Nc1ccc2c(c1)[C@H]1C[C@H](CC(=O)N3CCCCC3)O[C@@H](CO)[C@H]1O2)Nc1ccccc1F. The summed E-state index contributed by atoms with van der Waals surface area (Å²) in [5.41, 5.74) is 1.52. The van der Waals surface area contributed by atoms with E-state index in [9.17, 15) is 19.1 Å². The van der Waals surface area contributed by atoms with Gasteiger partial charge in [-0.1, -0.05) is 12.1 Å². The number of carbonyl (C=O) groups is 2. The highest BCUT2D eigenvalue weighted by Gasteiger charge is 2.46. The molecular weight excluding hydrogens is 453 g/mol. The number of benzene rings is 2. The van der Waals surface area contributed by atoms with Gasteiger partial charge in [0.15, 0.2) is 0 Å². The number of aliphatic hydroxyl groups excluding tert-OH is 1. The van der Waals surface area contributed by atoms with E-state index in [2.05, 4.69) is 10.6 Å². The fourth-order valence-corrected chi connectivity index (χ4v) is 5.28. The molecular formula is C26H30FN3O5. The van der Waals surface area contributed by atoms with Crippen LogP contribution < -0.4 is 15.4 Å². The first-order valence-electron chi connectivity index (χ1n) is 12.2. The molecule has 2 saturated heterocycles. The first-order valence-corrected chi connectivity index (χ1v) is 12.2. The number of hydrogen-bond acceptors (Lipinski definition) is 5. The van der Waals surface area contributed by atoms with E-state index < -0.39 is 18.0 Å². The largest absolute Gasteiger partial charge is 0.487 e. The monoisotopic (exact) mass is 483 g/mol. The number of piperidine rings is 1. The van der Waals surface area contributed by atoms with Gasteiger partial charge in [-0.25, -0.2) is 9.18 Å². The van der Waals surface area contributed by atoms with Crippen molar-refractivity contribution in [2.75, 3.05) is 30.3 Å². The number of amides is 3. The molecule has 186 valence electrons. The van der Waals surface area contributed by atoms with E-state index in [1.54, 1.807) is 24.3 Å². The second-order valence-corrected chi connectivity index (χ2v) is 9.36. The van der Waals surface area contributed by atoms with Crippen molar-refractivity contribution < 1.29 is 28.6 Å². The standard InChI is InChI=1S/C26H30FN3O5/c27-20-6-2-3-7-21(20)29-26(33)28-16-8-9-22-18(12-16)19-13-17(34-23(15-31)25(19)35-22)14-24(32)30-10-4-1-5-11-30/h2-3,6-9,12,17,19,23,25,31H,1,4-5,10-11,13-15H2,(H2,28,29,33)/t17-,19-,23+,25+/m1/s1. The zero-order chi connectivity index (χ0) is 24.4. The first-order chi connectivity index (χ1) is 17.0. The molecule has 2 aromatic rings. The van der Waals surface area contributed by atoms with Crippen LogP contribution in [0.5, 0.6) is 5.75 Å². The topological polar surface area (TPSA) is 100 Å². The Balaban J connectivity index is 1.28. The number of carbonyl (C=O) groups excluding carboxylic acids is 2. The molecule has 8 nitrogen and oxygen atoms in total. The molecule has 0 bridgehead atoms. The van der Waals surface area contributed by atoms with Crippen molar-refractivity contribution in [3.63, 3.8) is 0 Å². The summed E-state index contributed by atoms with van der Waals surface area (Å²) in [6.45, 7) is 1.37. The molecule has 3 amide bonds. The lowest BCUT2D eigenvalue weighted by atomic mass is 9.84. The molecule has 9 heteroatoms. The summed E-state index contributed by atoms with van der Waals surface area (Å²) in [5.74, 6) is 0.163. The zero-order valence-electron chi connectivity index (χ0n) is 19.4. The van der Waals surface area contributed by atoms with Crippen molar-refractivity contribution in [2.45, 2.75) is 56.3 Å². The van der Waals surface area contributed by atoms with Crippen molar-refractivity contribution in [3.05, 3.63) is 53.8 Å². The predicted molar refractivity (Wildman–Crippen MR) is 128 cm³/mol. The van der Waals surface area contributed by atoms with Crippen LogP contribution in [-0.4, -0.2) is 60.0 Å². The van der Waals surface area contributed by atoms with Crippen molar-refractivity contribution >= 4 is 23.3 Å². The Labute approximate surface area is 203 Å². The summed E-state index contributed by atoms with van der Waals surface area (Å²) in [6, 6.07) is 10.7. The normalized spacial score (nSPS) is 25.3. The average molecular weight is 484 g/mol. The summed E-state index contributed by atoms with van der Waals surface area (Å²) < 4.78 is 26.0. The fraction of sp³-hybridized carbons (Fsp3) is 0.462. The van der Waals surface area contributed by atoms with E-state index in [0.29, 0.717) is 17.9 Å². The lowest BCUT2D eigenvalue weighted by molar-refractivity contribution is -0.149. The Hall–Kier alpha value is -3.17. The third-order valence-corrected chi connectivity index (χ3v) is 6.99. The molecule has 3 aliphatic rings. The molecule has 0 saturated carbocycles. The minimum atomic E-state index is -0.560. The van der Waals surface area contributed by atoms with Gasteiger partial charge in [0.1, 0.15) is 23.8 Å². The van der Waals surface area contributed by atoms with Gasteiger partial charge in [-0.2, -0.15) is 0 Å². The molecule has 0 aromatic heterocycles. The molecule has 0 radical (unpaired) electrons. The number of fused-ring (bicyclic) bond motifs is 3. The number of nitrogens with zero attached hydrogens (tertiary/aromatic N) is 1. The van der Waals surface area contributed by atoms with Gasteiger partial charge in [-0.3, -0.25) is 4.79 Å². The van der Waals surface area contributed by atoms with Gasteiger partial charge in [-0.15, -0.1) is 0 Å². The van der Waals surface area contributed by atoms with Crippen LogP contribution in [0.4, 0.5) is 20.6 Å². The van der Waals surface area contributed by atoms with Crippen LogP contribution >= 0.6 is 0 Å². The van der Waals surface area contributed by atoms with Gasteiger partial charge in [0.2, 0.25) is 5.91 Å². The van der Waals surface area contributed by atoms with E-state index in [-0.39, 0.29) is 42.7 Å². The Bertz CT molecular complexity index is 1090. The maximum Gasteiger partial charge on any atom is 0.323 e. The maximum absolute atomic E-state index is 13.9. The Kier molecular flexibility index (Phi) is 6.88. The molecule has 0 aliphatic carbocycles. The lowest BCUT2D eigenvalue weighted by Gasteiger charge is -2.38. The molecule has 4 atom stereocenters. The van der Waals surface area contributed by atoms with Gasteiger partial charge < -0.3 is 30.1 Å². The van der Waals surface area contributed by atoms with Crippen LogP contribution in [0.1, 0.15) is 43.6 Å². The number of rotatable bonds is 5. The second kappa shape index (κ2) is 10.2. The molecule has 0 unspecified atom stereocenters. The van der Waals surface area contributed by atoms with Crippen molar-refractivity contribution in [3.8, 4) is 5.75 Å². The van der Waals surface area contributed by atoms with Gasteiger partial charge in [0, 0.05) is 30.3 Å². The molecule has 3 N–H and O–H groups in total. The first kappa shape index (κ1) is 23.6. The van der Waals surface area contributed by atoms with Crippen LogP contribution in [0.25, 0.3) is 0 Å². The van der Waals surface area contributed by atoms with Crippen LogP contribution in [0.2, 0.25) is 0 Å². The summed E-state index contributed by atoms with van der Waals surface area (Å²) in [7, 11) is 0. The van der Waals surface area contributed by atoms with Gasteiger partial charge >= 0.3 is 6.03 Å². The fourth-order valence-electron chi connectivity index (χ4n) is 5.28. The van der Waals surface area contributed by atoms with E-state index in [1.165, 1.54) is 12.1 Å². The smallest absolute Gasteiger partial charge is 0.323 e. The van der Waals surface area contributed by atoms with E-state index in [4.69, 9.17) is 9.47 Å². The molecule has 3 heterocycles. The summed E-state index contributed by atoms with van der Waals surface area (Å²) in [6.07, 6.45) is 2.85. The number of aliphatic hydroxyl groups is 1. The average Bonchev–Trinajstić information content (AvgIpc) is 3.23. The highest BCUT2D eigenvalue weighted by Crippen LogP contribution is 2.47. The number of nitrogens with one attached hydrogen (secondary N) is 2. The number of urea groups is 1. The molecule has 0 spiro atoms. The molecule has 5 rings (SSSR count). The molecule has 3 aliphatic heterocycles. The van der Waals surface area contributed by atoms with Gasteiger partial charge in [-0.05, 0) is 56.0 Å². The maximum atomic E-state index is 13.9. The molecule has 35 heavy (non-hydrogen) atoms.